The molecule has 1 aromatic carbocycles. The number of benzene rings is 1. The van der Waals surface area contributed by atoms with Gasteiger partial charge in [0.25, 0.3) is 0 Å². The van der Waals surface area contributed by atoms with E-state index in [1.807, 2.05) is 0 Å². The Hall–Kier alpha value is -1.56. The Balaban J connectivity index is 2.21. The smallest absolute Gasteiger partial charge is 0.239 e. The Morgan fingerprint density at radius 3 is 2.50 bits per heavy atom. The van der Waals surface area contributed by atoms with E-state index in [-0.39, 0.29) is 17.4 Å². The van der Waals surface area contributed by atoms with Crippen LogP contribution in [-0.2, 0) is 4.79 Å². The molecule has 0 bridgehead atoms. The molecule has 1 amide bonds. The van der Waals surface area contributed by atoms with E-state index >= 15 is 0 Å². The SMILES string of the molecule is CN(C)C(=O)C1CC(c2cc(F)c(F)cc2F)CCN1. The molecule has 3 nitrogen and oxygen atoms in total. The second-order valence-electron chi connectivity index (χ2n) is 5.25. The number of nitrogens with one attached hydrogen (secondary N) is 1. The summed E-state index contributed by atoms with van der Waals surface area (Å²) >= 11 is 0. The highest BCUT2D eigenvalue weighted by Crippen LogP contribution is 2.31. The standard InChI is InChI=1S/C14H17F3N2O/c1-19(2)14(20)13-5-8(3-4-18-13)9-6-11(16)12(17)7-10(9)15/h6-8,13,18H,3-5H2,1-2H3. The Bertz CT molecular complexity index is 519. The van der Waals surface area contributed by atoms with Crippen LogP contribution in [0.25, 0.3) is 0 Å². The van der Waals surface area contributed by atoms with Crippen molar-refractivity contribution >= 4 is 5.91 Å². The first-order chi connectivity index (χ1) is 9.40. The van der Waals surface area contributed by atoms with E-state index in [2.05, 4.69) is 5.32 Å². The molecule has 0 saturated carbocycles. The summed E-state index contributed by atoms with van der Waals surface area (Å²) in [5, 5.41) is 3.06. The molecule has 110 valence electrons. The Labute approximate surface area is 115 Å². The van der Waals surface area contributed by atoms with Crippen molar-refractivity contribution in [2.24, 2.45) is 0 Å². The molecule has 1 aliphatic rings. The van der Waals surface area contributed by atoms with E-state index < -0.39 is 23.5 Å². The molecule has 1 aromatic rings. The van der Waals surface area contributed by atoms with Crippen molar-refractivity contribution in [1.82, 2.24) is 10.2 Å². The average Bonchev–Trinajstić information content (AvgIpc) is 2.42. The molecule has 1 fully saturated rings. The lowest BCUT2D eigenvalue weighted by Crippen LogP contribution is -2.47. The molecular weight excluding hydrogens is 269 g/mol. The molecule has 0 aliphatic carbocycles. The second kappa shape index (κ2) is 5.83. The summed E-state index contributed by atoms with van der Waals surface area (Å²) in [7, 11) is 3.29. The first-order valence-corrected chi connectivity index (χ1v) is 6.49. The fraction of sp³-hybridized carbons (Fsp3) is 0.500. The molecular formula is C14H17F3N2O. The lowest BCUT2D eigenvalue weighted by Gasteiger charge is -2.31. The Kier molecular flexibility index (Phi) is 4.32. The molecule has 0 spiro atoms. The van der Waals surface area contributed by atoms with Crippen molar-refractivity contribution in [3.63, 3.8) is 0 Å². The Morgan fingerprint density at radius 2 is 1.85 bits per heavy atom. The number of carbonyl (C=O) groups excluding carboxylic acids is 1. The first-order valence-electron chi connectivity index (χ1n) is 6.49. The second-order valence-corrected chi connectivity index (χ2v) is 5.25. The zero-order valence-electron chi connectivity index (χ0n) is 11.4. The van der Waals surface area contributed by atoms with Crippen LogP contribution in [0.15, 0.2) is 12.1 Å². The van der Waals surface area contributed by atoms with Gasteiger partial charge in [0.1, 0.15) is 5.82 Å². The van der Waals surface area contributed by atoms with Gasteiger partial charge in [-0.25, -0.2) is 13.2 Å². The largest absolute Gasteiger partial charge is 0.347 e. The number of nitrogens with zero attached hydrogens (tertiary/aromatic N) is 1. The third-order valence-corrected chi connectivity index (χ3v) is 3.62. The molecule has 6 heteroatoms. The summed E-state index contributed by atoms with van der Waals surface area (Å²) in [4.78, 5) is 13.4. The third-order valence-electron chi connectivity index (χ3n) is 3.62. The number of carbonyl (C=O) groups is 1. The zero-order valence-corrected chi connectivity index (χ0v) is 11.4. The average molecular weight is 286 g/mol. The van der Waals surface area contributed by atoms with Crippen LogP contribution in [0, 0.1) is 17.5 Å². The normalized spacial score (nSPS) is 22.6. The highest BCUT2D eigenvalue weighted by Gasteiger charge is 2.30. The van der Waals surface area contributed by atoms with E-state index in [9.17, 15) is 18.0 Å². The van der Waals surface area contributed by atoms with Crippen LogP contribution in [0.3, 0.4) is 0 Å². The summed E-state index contributed by atoms with van der Waals surface area (Å²) in [6.45, 7) is 0.535. The number of piperidine rings is 1. The Morgan fingerprint density at radius 1 is 1.20 bits per heavy atom. The summed E-state index contributed by atoms with van der Waals surface area (Å²) in [5.41, 5.74) is 0.141. The lowest BCUT2D eigenvalue weighted by molar-refractivity contribution is -0.131. The van der Waals surface area contributed by atoms with Gasteiger partial charge in [-0.2, -0.15) is 0 Å². The molecule has 2 atom stereocenters. The highest BCUT2D eigenvalue weighted by atomic mass is 19.2. The van der Waals surface area contributed by atoms with E-state index in [1.54, 1.807) is 14.1 Å². The zero-order chi connectivity index (χ0) is 14.9. The van der Waals surface area contributed by atoms with Gasteiger partial charge < -0.3 is 10.2 Å². The minimum Gasteiger partial charge on any atom is -0.347 e. The maximum Gasteiger partial charge on any atom is 0.239 e. The van der Waals surface area contributed by atoms with Crippen LogP contribution in [0.2, 0.25) is 0 Å². The number of rotatable bonds is 2. The fourth-order valence-corrected chi connectivity index (χ4v) is 2.55. The van der Waals surface area contributed by atoms with Gasteiger partial charge in [0.05, 0.1) is 6.04 Å². The summed E-state index contributed by atoms with van der Waals surface area (Å²) in [6, 6.07) is 1.05. The van der Waals surface area contributed by atoms with E-state index in [0.29, 0.717) is 25.5 Å². The third kappa shape index (κ3) is 2.95. The maximum absolute atomic E-state index is 13.8. The summed E-state index contributed by atoms with van der Waals surface area (Å²) in [5.74, 6) is -3.40. The van der Waals surface area contributed by atoms with Crippen molar-refractivity contribution in [2.75, 3.05) is 20.6 Å². The minimum absolute atomic E-state index is 0.0994. The van der Waals surface area contributed by atoms with E-state index in [1.165, 1.54) is 4.90 Å². The van der Waals surface area contributed by atoms with Gasteiger partial charge in [-0.05, 0) is 36.9 Å². The van der Waals surface area contributed by atoms with Crippen molar-refractivity contribution in [3.05, 3.63) is 35.1 Å². The van der Waals surface area contributed by atoms with E-state index in [0.717, 1.165) is 6.07 Å². The summed E-state index contributed by atoms with van der Waals surface area (Å²) < 4.78 is 40.0. The lowest BCUT2D eigenvalue weighted by atomic mass is 9.85. The molecule has 0 radical (unpaired) electrons. The molecule has 0 aromatic heterocycles. The molecule has 1 saturated heterocycles. The maximum atomic E-state index is 13.8. The van der Waals surface area contributed by atoms with Gasteiger partial charge in [-0.15, -0.1) is 0 Å². The number of amides is 1. The van der Waals surface area contributed by atoms with Crippen LogP contribution >= 0.6 is 0 Å². The van der Waals surface area contributed by atoms with Crippen LogP contribution < -0.4 is 5.32 Å². The predicted octanol–water partition coefficient (Wildman–Crippen LogP) is 2.03. The van der Waals surface area contributed by atoms with Crippen LogP contribution in [0.4, 0.5) is 13.2 Å². The van der Waals surface area contributed by atoms with Gasteiger partial charge in [0.15, 0.2) is 11.6 Å². The van der Waals surface area contributed by atoms with Gasteiger partial charge in [-0.1, -0.05) is 0 Å². The predicted molar refractivity (Wildman–Crippen MR) is 68.8 cm³/mol. The molecule has 2 unspecified atom stereocenters. The van der Waals surface area contributed by atoms with E-state index in [4.69, 9.17) is 0 Å². The van der Waals surface area contributed by atoms with Crippen LogP contribution in [-0.4, -0.2) is 37.5 Å². The topological polar surface area (TPSA) is 32.3 Å². The van der Waals surface area contributed by atoms with Crippen molar-refractivity contribution in [1.29, 1.82) is 0 Å². The number of hydrogen-bond donors (Lipinski definition) is 1. The number of halogens is 3. The monoisotopic (exact) mass is 286 g/mol. The molecule has 1 aliphatic heterocycles. The van der Waals surface area contributed by atoms with Crippen molar-refractivity contribution in [2.45, 2.75) is 24.8 Å². The fourth-order valence-electron chi connectivity index (χ4n) is 2.55. The van der Waals surface area contributed by atoms with Gasteiger partial charge in [-0.3, -0.25) is 4.79 Å². The van der Waals surface area contributed by atoms with Crippen molar-refractivity contribution in [3.8, 4) is 0 Å². The molecule has 1 N–H and O–H groups in total. The van der Waals surface area contributed by atoms with Gasteiger partial charge >= 0.3 is 0 Å². The molecule has 2 rings (SSSR count). The van der Waals surface area contributed by atoms with Gasteiger partial charge in [0.2, 0.25) is 5.91 Å². The number of hydrogen-bond acceptors (Lipinski definition) is 2. The highest BCUT2D eigenvalue weighted by molar-refractivity contribution is 5.81. The van der Waals surface area contributed by atoms with Crippen molar-refractivity contribution < 1.29 is 18.0 Å². The molecule has 20 heavy (non-hydrogen) atoms. The number of likely N-dealkylation sites (N-methyl/N-ethyl adjacent to an activating group) is 1. The van der Waals surface area contributed by atoms with Crippen LogP contribution in [0.1, 0.15) is 24.3 Å². The van der Waals surface area contributed by atoms with Crippen LogP contribution in [0.5, 0.6) is 0 Å². The summed E-state index contributed by atoms with van der Waals surface area (Å²) in [6.07, 6.45) is 0.957. The minimum atomic E-state index is -1.19. The quantitative estimate of drug-likeness (QED) is 0.844. The molecule has 1 heterocycles. The first kappa shape index (κ1) is 14.8. The van der Waals surface area contributed by atoms with Gasteiger partial charge in [0, 0.05) is 20.2 Å².